The highest BCUT2D eigenvalue weighted by atomic mass is 32.2. The molecular formula is C19H22N2O4S. The van der Waals surface area contributed by atoms with Gasteiger partial charge in [0.2, 0.25) is 10.0 Å². The normalized spacial score (nSPS) is 14.5. The van der Waals surface area contributed by atoms with E-state index < -0.39 is 10.0 Å². The van der Waals surface area contributed by atoms with E-state index in [9.17, 15) is 13.2 Å². The molecule has 26 heavy (non-hydrogen) atoms. The molecule has 0 radical (unpaired) electrons. The first-order valence-corrected chi connectivity index (χ1v) is 9.91. The van der Waals surface area contributed by atoms with Crippen LogP contribution in [-0.4, -0.2) is 46.5 Å². The van der Waals surface area contributed by atoms with Gasteiger partial charge in [-0.3, -0.25) is 4.79 Å². The van der Waals surface area contributed by atoms with Crippen molar-refractivity contribution < 1.29 is 17.9 Å². The monoisotopic (exact) mass is 374 g/mol. The number of sulfonamides is 1. The van der Waals surface area contributed by atoms with Gasteiger partial charge in [0.15, 0.2) is 0 Å². The number of nitrogens with zero attached hydrogens (tertiary/aromatic N) is 1. The van der Waals surface area contributed by atoms with Gasteiger partial charge in [-0.1, -0.05) is 6.07 Å². The van der Waals surface area contributed by atoms with Gasteiger partial charge in [0, 0.05) is 18.7 Å². The molecule has 2 aromatic carbocycles. The van der Waals surface area contributed by atoms with E-state index in [0.29, 0.717) is 18.7 Å². The molecule has 0 bridgehead atoms. The standard InChI is InChI=1S/C19H22N2O4S/c1-20-26(23,24)18-7-4-15(5-8-18)19(22)21-11-9-14-3-6-17(25-2)13-16(14)10-12-21/h3-8,13,20H,9-12H2,1-2H3. The highest BCUT2D eigenvalue weighted by Crippen LogP contribution is 2.22. The van der Waals surface area contributed by atoms with Gasteiger partial charge >= 0.3 is 0 Å². The third-order valence-electron chi connectivity index (χ3n) is 4.68. The molecule has 0 spiro atoms. The van der Waals surface area contributed by atoms with Crippen LogP contribution >= 0.6 is 0 Å². The van der Waals surface area contributed by atoms with Crippen LogP contribution in [-0.2, 0) is 22.9 Å². The van der Waals surface area contributed by atoms with Crippen LogP contribution in [0.2, 0.25) is 0 Å². The number of fused-ring (bicyclic) bond motifs is 1. The Hall–Kier alpha value is -2.38. The number of nitrogens with one attached hydrogen (secondary N) is 1. The smallest absolute Gasteiger partial charge is 0.253 e. The van der Waals surface area contributed by atoms with Gasteiger partial charge in [-0.25, -0.2) is 13.1 Å². The van der Waals surface area contributed by atoms with Crippen molar-refractivity contribution in [1.82, 2.24) is 9.62 Å². The van der Waals surface area contributed by atoms with Crippen LogP contribution in [0.4, 0.5) is 0 Å². The molecule has 0 aromatic heterocycles. The van der Waals surface area contributed by atoms with Crippen molar-refractivity contribution in [3.63, 3.8) is 0 Å². The van der Waals surface area contributed by atoms with E-state index >= 15 is 0 Å². The van der Waals surface area contributed by atoms with Crippen molar-refractivity contribution >= 4 is 15.9 Å². The van der Waals surface area contributed by atoms with Gasteiger partial charge < -0.3 is 9.64 Å². The fourth-order valence-corrected chi connectivity index (χ4v) is 3.84. The second kappa shape index (κ2) is 7.47. The molecule has 1 aliphatic rings. The number of rotatable bonds is 4. The molecule has 0 unspecified atom stereocenters. The van der Waals surface area contributed by atoms with Gasteiger partial charge in [0.05, 0.1) is 12.0 Å². The number of carbonyl (C=O) groups excluding carboxylic acids is 1. The van der Waals surface area contributed by atoms with Gasteiger partial charge in [0.25, 0.3) is 5.91 Å². The predicted molar refractivity (Wildman–Crippen MR) is 99.0 cm³/mol. The highest BCUT2D eigenvalue weighted by Gasteiger charge is 2.21. The van der Waals surface area contributed by atoms with Gasteiger partial charge in [-0.2, -0.15) is 0 Å². The van der Waals surface area contributed by atoms with Crippen molar-refractivity contribution in [3.8, 4) is 5.75 Å². The first-order valence-electron chi connectivity index (χ1n) is 8.43. The van der Waals surface area contributed by atoms with E-state index in [1.54, 1.807) is 19.2 Å². The van der Waals surface area contributed by atoms with Gasteiger partial charge in [-0.05, 0) is 67.4 Å². The van der Waals surface area contributed by atoms with Crippen LogP contribution in [0.25, 0.3) is 0 Å². The third kappa shape index (κ3) is 3.73. The fraction of sp³-hybridized carbons (Fsp3) is 0.316. The van der Waals surface area contributed by atoms with Crippen molar-refractivity contribution in [2.24, 2.45) is 0 Å². The SMILES string of the molecule is CNS(=O)(=O)c1ccc(C(=O)N2CCc3ccc(OC)cc3CC2)cc1. The van der Waals surface area contributed by atoms with Crippen molar-refractivity contribution in [2.75, 3.05) is 27.2 Å². The molecule has 2 aromatic rings. The maximum Gasteiger partial charge on any atom is 0.253 e. The largest absolute Gasteiger partial charge is 0.497 e. The molecule has 0 fully saturated rings. The Morgan fingerprint density at radius 1 is 1.04 bits per heavy atom. The average molecular weight is 374 g/mol. The Morgan fingerprint density at radius 3 is 2.31 bits per heavy atom. The minimum Gasteiger partial charge on any atom is -0.497 e. The highest BCUT2D eigenvalue weighted by molar-refractivity contribution is 7.89. The summed E-state index contributed by atoms with van der Waals surface area (Å²) in [5, 5.41) is 0. The van der Waals surface area contributed by atoms with E-state index in [2.05, 4.69) is 10.8 Å². The summed E-state index contributed by atoms with van der Waals surface area (Å²) in [5.74, 6) is 0.739. The summed E-state index contributed by atoms with van der Waals surface area (Å²) in [6.07, 6.45) is 1.56. The molecule has 0 saturated carbocycles. The molecule has 0 aliphatic carbocycles. The maximum absolute atomic E-state index is 12.8. The Morgan fingerprint density at radius 2 is 1.69 bits per heavy atom. The van der Waals surface area contributed by atoms with Crippen LogP contribution in [0, 0.1) is 0 Å². The number of hydrogen-bond acceptors (Lipinski definition) is 4. The van der Waals surface area contributed by atoms with Gasteiger partial charge in [0.1, 0.15) is 5.75 Å². The first-order chi connectivity index (χ1) is 12.4. The Bertz CT molecular complexity index is 908. The Labute approximate surface area is 153 Å². The maximum atomic E-state index is 12.8. The van der Waals surface area contributed by atoms with Crippen molar-refractivity contribution in [3.05, 3.63) is 59.2 Å². The van der Waals surface area contributed by atoms with E-state index in [0.717, 1.165) is 18.6 Å². The van der Waals surface area contributed by atoms with E-state index in [4.69, 9.17) is 4.74 Å². The number of benzene rings is 2. The lowest BCUT2D eigenvalue weighted by Gasteiger charge is -2.20. The van der Waals surface area contributed by atoms with E-state index in [1.165, 1.54) is 30.3 Å². The lowest BCUT2D eigenvalue weighted by Crippen LogP contribution is -2.33. The summed E-state index contributed by atoms with van der Waals surface area (Å²) in [6.45, 7) is 1.25. The minimum atomic E-state index is -3.50. The summed E-state index contributed by atoms with van der Waals surface area (Å²) in [4.78, 5) is 14.8. The predicted octanol–water partition coefficient (Wildman–Crippen LogP) is 1.84. The number of hydrogen-bond donors (Lipinski definition) is 1. The van der Waals surface area contributed by atoms with Crippen LogP contribution < -0.4 is 9.46 Å². The average Bonchev–Trinajstić information content (AvgIpc) is 2.89. The fourth-order valence-electron chi connectivity index (χ4n) is 3.11. The summed E-state index contributed by atoms with van der Waals surface area (Å²) in [5.41, 5.74) is 2.93. The molecule has 6 nitrogen and oxygen atoms in total. The lowest BCUT2D eigenvalue weighted by molar-refractivity contribution is 0.0763. The molecular weight excluding hydrogens is 352 g/mol. The lowest BCUT2D eigenvalue weighted by atomic mass is 10.0. The molecule has 1 amide bonds. The second-order valence-corrected chi connectivity index (χ2v) is 8.05. The molecule has 0 atom stereocenters. The molecule has 1 N–H and O–H groups in total. The molecule has 3 rings (SSSR count). The molecule has 0 saturated heterocycles. The van der Waals surface area contributed by atoms with Crippen LogP contribution in [0.15, 0.2) is 47.4 Å². The minimum absolute atomic E-state index is 0.0850. The molecule has 7 heteroatoms. The topological polar surface area (TPSA) is 75.7 Å². The van der Waals surface area contributed by atoms with Crippen LogP contribution in [0.3, 0.4) is 0 Å². The number of ether oxygens (including phenoxy) is 1. The number of amides is 1. The second-order valence-electron chi connectivity index (χ2n) is 6.16. The van der Waals surface area contributed by atoms with Crippen LogP contribution in [0.5, 0.6) is 5.75 Å². The third-order valence-corrected chi connectivity index (χ3v) is 6.11. The van der Waals surface area contributed by atoms with Gasteiger partial charge in [-0.15, -0.1) is 0 Å². The summed E-state index contributed by atoms with van der Waals surface area (Å²) >= 11 is 0. The zero-order valence-electron chi connectivity index (χ0n) is 14.9. The Kier molecular flexibility index (Phi) is 5.29. The van der Waals surface area contributed by atoms with Crippen LogP contribution in [0.1, 0.15) is 21.5 Å². The van der Waals surface area contributed by atoms with E-state index in [-0.39, 0.29) is 10.8 Å². The zero-order valence-corrected chi connectivity index (χ0v) is 15.7. The quantitative estimate of drug-likeness (QED) is 0.886. The Balaban J connectivity index is 1.75. The van der Waals surface area contributed by atoms with Crippen molar-refractivity contribution in [2.45, 2.75) is 17.7 Å². The zero-order chi connectivity index (χ0) is 18.7. The summed E-state index contributed by atoms with van der Waals surface area (Å²) < 4.78 is 31.1. The molecule has 1 heterocycles. The summed E-state index contributed by atoms with van der Waals surface area (Å²) in [7, 11) is -0.497. The number of methoxy groups -OCH3 is 1. The number of carbonyl (C=O) groups is 1. The first kappa shape index (κ1) is 18.4. The molecule has 1 aliphatic heterocycles. The van der Waals surface area contributed by atoms with Crippen molar-refractivity contribution in [1.29, 1.82) is 0 Å². The molecule has 138 valence electrons. The van der Waals surface area contributed by atoms with E-state index in [1.807, 2.05) is 17.0 Å². The summed E-state index contributed by atoms with van der Waals surface area (Å²) in [6, 6.07) is 12.1.